The molecule has 0 saturated heterocycles. The smallest absolute Gasteiger partial charge is 0.0461 e. The number of hydrogen-bond acceptors (Lipinski definition) is 2. The largest absolute Gasteiger partial charge is 0.330 e. The lowest BCUT2D eigenvalue weighted by molar-refractivity contribution is 1.15. The molecule has 0 aromatic heterocycles. The molecule has 0 spiro atoms. The number of thioether (sulfide) groups is 1. The van der Waals surface area contributed by atoms with Gasteiger partial charge >= 0.3 is 0 Å². The molecule has 1 rings (SSSR count). The summed E-state index contributed by atoms with van der Waals surface area (Å²) in [6, 6.07) is 5.55. The molecule has 14 heavy (non-hydrogen) atoms. The van der Waals surface area contributed by atoms with Crippen molar-refractivity contribution in [3.63, 3.8) is 0 Å². The first-order valence-corrected chi connectivity index (χ1v) is 5.87. The molecule has 5 heteroatoms. The maximum atomic E-state index is 5.98. The summed E-state index contributed by atoms with van der Waals surface area (Å²) in [5.41, 5.74) is 6.39. The molecule has 0 bridgehead atoms. The highest BCUT2D eigenvalue weighted by molar-refractivity contribution is 7.98. The summed E-state index contributed by atoms with van der Waals surface area (Å²) < 4.78 is 0. The van der Waals surface area contributed by atoms with Gasteiger partial charge in [-0.2, -0.15) is 11.8 Å². The second-order valence-corrected chi connectivity index (χ2v) is 4.46. The van der Waals surface area contributed by atoms with Gasteiger partial charge in [0.2, 0.25) is 0 Å². The van der Waals surface area contributed by atoms with E-state index < -0.39 is 0 Å². The van der Waals surface area contributed by atoms with Crippen molar-refractivity contribution in [1.82, 2.24) is 0 Å². The summed E-state index contributed by atoms with van der Waals surface area (Å²) in [5.74, 6) is 1.76. The monoisotopic (exact) mass is 271 g/mol. The fraction of sp³-hybridized carbons (Fsp3) is 0.333. The van der Waals surface area contributed by atoms with Gasteiger partial charge in [-0.05, 0) is 17.7 Å². The maximum Gasteiger partial charge on any atom is 0.0461 e. The van der Waals surface area contributed by atoms with Crippen LogP contribution in [-0.2, 0) is 5.75 Å². The number of nitrogens with two attached hydrogens (primary N) is 1. The Morgan fingerprint density at radius 3 is 2.29 bits per heavy atom. The zero-order chi connectivity index (χ0) is 9.68. The second kappa shape index (κ2) is 7.66. The van der Waals surface area contributed by atoms with Crippen LogP contribution >= 0.6 is 47.4 Å². The lowest BCUT2D eigenvalue weighted by Gasteiger charge is -2.05. The topological polar surface area (TPSA) is 26.0 Å². The van der Waals surface area contributed by atoms with E-state index in [4.69, 9.17) is 28.9 Å². The Morgan fingerprint density at radius 2 is 1.79 bits per heavy atom. The van der Waals surface area contributed by atoms with E-state index in [2.05, 4.69) is 0 Å². The Kier molecular flexibility index (Phi) is 7.88. The van der Waals surface area contributed by atoms with Gasteiger partial charge in [0, 0.05) is 28.1 Å². The molecule has 0 aliphatic heterocycles. The van der Waals surface area contributed by atoms with E-state index in [1.54, 1.807) is 11.8 Å². The minimum absolute atomic E-state index is 0. The maximum absolute atomic E-state index is 5.98. The molecule has 0 saturated carbocycles. The second-order valence-electron chi connectivity index (χ2n) is 2.54. The molecule has 0 aliphatic rings. The van der Waals surface area contributed by atoms with Crippen molar-refractivity contribution in [1.29, 1.82) is 0 Å². The van der Waals surface area contributed by atoms with Gasteiger partial charge in [-0.3, -0.25) is 0 Å². The van der Waals surface area contributed by atoms with Crippen LogP contribution in [0.3, 0.4) is 0 Å². The zero-order valence-electron chi connectivity index (χ0n) is 7.50. The fourth-order valence-electron chi connectivity index (χ4n) is 0.928. The van der Waals surface area contributed by atoms with E-state index in [-0.39, 0.29) is 12.4 Å². The van der Waals surface area contributed by atoms with E-state index in [1.807, 2.05) is 18.2 Å². The van der Waals surface area contributed by atoms with Crippen LogP contribution in [0.15, 0.2) is 18.2 Å². The van der Waals surface area contributed by atoms with Crippen LogP contribution in [0.5, 0.6) is 0 Å². The van der Waals surface area contributed by atoms with Crippen molar-refractivity contribution in [2.24, 2.45) is 5.73 Å². The van der Waals surface area contributed by atoms with Crippen LogP contribution in [-0.4, -0.2) is 12.3 Å². The Labute approximate surface area is 105 Å². The van der Waals surface area contributed by atoms with Crippen LogP contribution in [0, 0.1) is 0 Å². The first-order valence-electron chi connectivity index (χ1n) is 3.96. The average Bonchev–Trinajstić information content (AvgIpc) is 2.10. The van der Waals surface area contributed by atoms with Crippen LogP contribution in [0.25, 0.3) is 0 Å². The summed E-state index contributed by atoms with van der Waals surface area (Å²) in [6.45, 7) is 0.687. The van der Waals surface area contributed by atoms with E-state index in [1.165, 1.54) is 0 Å². The van der Waals surface area contributed by atoms with E-state index in [0.29, 0.717) is 6.54 Å². The van der Waals surface area contributed by atoms with Gasteiger partial charge in [0.05, 0.1) is 0 Å². The normalized spacial score (nSPS) is 9.64. The quantitative estimate of drug-likeness (QED) is 0.848. The summed E-state index contributed by atoms with van der Waals surface area (Å²) in [7, 11) is 0. The average molecular weight is 273 g/mol. The third kappa shape index (κ3) is 4.28. The van der Waals surface area contributed by atoms with Crippen molar-refractivity contribution < 1.29 is 0 Å². The fourth-order valence-corrected chi connectivity index (χ4v) is 2.44. The Bertz CT molecular complexity index is 261. The van der Waals surface area contributed by atoms with E-state index in [0.717, 1.165) is 27.1 Å². The molecule has 0 aliphatic carbocycles. The molecule has 2 N–H and O–H groups in total. The molecule has 0 unspecified atom stereocenters. The highest BCUT2D eigenvalue weighted by Gasteiger charge is 2.04. The molecule has 1 nitrogen and oxygen atoms in total. The van der Waals surface area contributed by atoms with Crippen molar-refractivity contribution in [3.8, 4) is 0 Å². The Hall–Kier alpha value is 0.400. The predicted molar refractivity (Wildman–Crippen MR) is 68.9 cm³/mol. The third-order valence-electron chi connectivity index (χ3n) is 1.57. The minimum atomic E-state index is 0. The first kappa shape index (κ1) is 14.4. The summed E-state index contributed by atoms with van der Waals surface area (Å²) in [6.07, 6.45) is 0. The third-order valence-corrected chi connectivity index (χ3v) is 3.30. The Balaban J connectivity index is 0.00000169. The van der Waals surface area contributed by atoms with Crippen LogP contribution in [0.1, 0.15) is 5.56 Å². The Morgan fingerprint density at radius 1 is 1.21 bits per heavy atom. The zero-order valence-corrected chi connectivity index (χ0v) is 10.6. The molecule has 0 fully saturated rings. The minimum Gasteiger partial charge on any atom is -0.330 e. The molecule has 1 aromatic carbocycles. The van der Waals surface area contributed by atoms with E-state index in [9.17, 15) is 0 Å². The molecule has 0 heterocycles. The molecule has 80 valence electrons. The highest BCUT2D eigenvalue weighted by atomic mass is 35.5. The molecule has 0 amide bonds. The lowest BCUT2D eigenvalue weighted by Crippen LogP contribution is -2.01. The van der Waals surface area contributed by atoms with Crippen LogP contribution in [0.4, 0.5) is 0 Å². The van der Waals surface area contributed by atoms with Crippen molar-refractivity contribution in [2.45, 2.75) is 5.75 Å². The summed E-state index contributed by atoms with van der Waals surface area (Å²) >= 11 is 13.7. The van der Waals surface area contributed by atoms with Gasteiger partial charge in [-0.25, -0.2) is 0 Å². The van der Waals surface area contributed by atoms with Crippen LogP contribution in [0.2, 0.25) is 10.0 Å². The van der Waals surface area contributed by atoms with Gasteiger partial charge < -0.3 is 5.73 Å². The SMILES string of the molecule is Cl.NCCSCc1c(Cl)cccc1Cl. The standard InChI is InChI=1S/C9H11Cl2NS.ClH/c10-8-2-1-3-9(11)7(8)6-13-5-4-12;/h1-3H,4-6,12H2;1H. The number of rotatable bonds is 4. The molecular weight excluding hydrogens is 261 g/mol. The molecule has 0 atom stereocenters. The summed E-state index contributed by atoms with van der Waals surface area (Å²) in [4.78, 5) is 0. The van der Waals surface area contributed by atoms with Crippen molar-refractivity contribution in [2.75, 3.05) is 12.3 Å². The highest BCUT2D eigenvalue weighted by Crippen LogP contribution is 2.27. The number of halogens is 3. The van der Waals surface area contributed by atoms with Gasteiger partial charge in [-0.1, -0.05) is 29.3 Å². The van der Waals surface area contributed by atoms with Crippen molar-refractivity contribution >= 4 is 47.4 Å². The number of benzene rings is 1. The predicted octanol–water partition coefficient (Wildman–Crippen LogP) is 3.61. The van der Waals surface area contributed by atoms with Gasteiger partial charge in [0.1, 0.15) is 0 Å². The van der Waals surface area contributed by atoms with Gasteiger partial charge in [0.25, 0.3) is 0 Å². The van der Waals surface area contributed by atoms with Gasteiger partial charge in [-0.15, -0.1) is 12.4 Å². The number of hydrogen-bond donors (Lipinski definition) is 1. The molecule has 0 radical (unpaired) electrons. The molecular formula is C9H12Cl3NS. The molecule has 1 aromatic rings. The van der Waals surface area contributed by atoms with Crippen LogP contribution < -0.4 is 5.73 Å². The lowest BCUT2D eigenvalue weighted by atomic mass is 10.2. The van der Waals surface area contributed by atoms with Gasteiger partial charge in [0.15, 0.2) is 0 Å². The van der Waals surface area contributed by atoms with Crippen molar-refractivity contribution in [3.05, 3.63) is 33.8 Å². The van der Waals surface area contributed by atoms with E-state index >= 15 is 0 Å². The first-order chi connectivity index (χ1) is 6.25. The summed E-state index contributed by atoms with van der Waals surface area (Å²) in [5, 5.41) is 1.47.